The number of hydrogen-bond acceptors (Lipinski definition) is 10. The molecule has 1 saturated heterocycles. The van der Waals surface area contributed by atoms with Crippen LogP contribution in [0.2, 0.25) is 0 Å². The van der Waals surface area contributed by atoms with Crippen LogP contribution < -0.4 is 4.90 Å². The molecule has 4 heterocycles. The molecular weight excluding hydrogens is 374 g/mol. The predicted octanol–water partition coefficient (Wildman–Crippen LogP) is -1.63. The highest BCUT2D eigenvalue weighted by molar-refractivity contribution is 6.39. The minimum atomic E-state index is -2.03. The number of aliphatic carboxylic acids is 1. The van der Waals surface area contributed by atoms with Crippen LogP contribution in [-0.2, 0) is 9.53 Å². The lowest BCUT2D eigenvalue weighted by Gasteiger charge is -2.49. The predicted molar refractivity (Wildman–Crippen MR) is 94.6 cm³/mol. The molecule has 0 aliphatic carbocycles. The number of anilines is 1. The summed E-state index contributed by atoms with van der Waals surface area (Å²) >= 11 is 0. The van der Waals surface area contributed by atoms with Gasteiger partial charge in [0.1, 0.15) is 24.8 Å². The van der Waals surface area contributed by atoms with Gasteiger partial charge in [-0.05, 0) is 13.8 Å². The molecule has 3 aliphatic rings. The molecule has 6 atom stereocenters. The van der Waals surface area contributed by atoms with Gasteiger partial charge in [-0.15, -0.1) is 0 Å². The number of rotatable bonds is 3. The molecule has 4 rings (SSSR count). The number of ether oxygens (including phenoxy) is 1. The second-order valence-corrected chi connectivity index (χ2v) is 7.43. The molecule has 12 nitrogen and oxygen atoms in total. The second kappa shape index (κ2) is 6.06. The van der Waals surface area contributed by atoms with Gasteiger partial charge >= 0.3 is 5.97 Å². The zero-order valence-electron chi connectivity index (χ0n) is 15.2. The van der Waals surface area contributed by atoms with E-state index in [-0.39, 0.29) is 30.5 Å². The molecule has 0 bridgehead atoms. The van der Waals surface area contributed by atoms with E-state index < -0.39 is 41.8 Å². The Hall–Kier alpha value is -2.38. The Morgan fingerprint density at radius 1 is 1.39 bits per heavy atom. The fourth-order valence-electron chi connectivity index (χ4n) is 3.87. The number of aliphatic hydroxyl groups excluding tert-OH is 3. The number of aromatic nitrogens is 2. The number of carbonyl (C=O) groups is 1. The van der Waals surface area contributed by atoms with E-state index in [0.29, 0.717) is 0 Å². The maximum atomic E-state index is 12.1. The molecule has 4 unspecified atom stereocenters. The zero-order valence-corrected chi connectivity index (χ0v) is 15.2. The fraction of sp³-hybridized carbons (Fsp3) is 0.625. The largest absolute Gasteiger partial charge is 0.479 e. The Labute approximate surface area is 159 Å². The number of aliphatic hydroxyl groups is 4. The van der Waals surface area contributed by atoms with E-state index in [4.69, 9.17) is 4.74 Å². The minimum absolute atomic E-state index is 0.0403. The van der Waals surface area contributed by atoms with Crippen molar-refractivity contribution in [1.29, 1.82) is 0 Å². The maximum Gasteiger partial charge on any atom is 0.332 e. The lowest BCUT2D eigenvalue weighted by atomic mass is 9.84. The first kappa shape index (κ1) is 19.0. The van der Waals surface area contributed by atoms with Gasteiger partial charge in [0.05, 0.1) is 18.9 Å². The smallest absolute Gasteiger partial charge is 0.332 e. The summed E-state index contributed by atoms with van der Waals surface area (Å²) in [5.74, 6) is -0.975. The summed E-state index contributed by atoms with van der Waals surface area (Å²) in [5, 5.41) is 50.1. The quantitative estimate of drug-likeness (QED) is 0.403. The van der Waals surface area contributed by atoms with Crippen LogP contribution in [0.5, 0.6) is 0 Å². The molecule has 28 heavy (non-hydrogen) atoms. The van der Waals surface area contributed by atoms with Gasteiger partial charge in [-0.3, -0.25) is 9.47 Å². The fourth-order valence-corrected chi connectivity index (χ4v) is 3.87. The van der Waals surface area contributed by atoms with Crippen LogP contribution in [0.4, 0.5) is 11.6 Å². The standard InChI is InChI=1S/C16H21N5O7/c1-15(14(25)26)13(24)16(2,27)19-9-4-17-11-12(21(9)15)18-6-20(11)10-3-7(23)8(5-22)28-10/h4,6-8,10,13,22-24,27H,3,5H2,1-2H3,(H,25,26)/t7?,8?,10?,13?,15-,16+/m0/s1. The molecule has 1 aromatic heterocycles. The van der Waals surface area contributed by atoms with Crippen LogP contribution in [-0.4, -0.2) is 89.3 Å². The van der Waals surface area contributed by atoms with E-state index >= 15 is 0 Å². The zero-order chi connectivity index (χ0) is 20.4. The van der Waals surface area contributed by atoms with E-state index in [9.17, 15) is 30.3 Å². The molecule has 0 spiro atoms. The Morgan fingerprint density at radius 3 is 2.71 bits per heavy atom. The normalized spacial score (nSPS) is 39.5. The monoisotopic (exact) mass is 395 g/mol. The summed E-state index contributed by atoms with van der Waals surface area (Å²) in [7, 11) is 0. The Balaban J connectivity index is 1.81. The van der Waals surface area contributed by atoms with Crippen molar-refractivity contribution >= 4 is 29.7 Å². The average molecular weight is 395 g/mol. The van der Waals surface area contributed by atoms with Gasteiger partial charge in [0.15, 0.2) is 28.7 Å². The minimum Gasteiger partial charge on any atom is -0.479 e. The van der Waals surface area contributed by atoms with Gasteiger partial charge in [-0.25, -0.2) is 19.8 Å². The molecule has 0 saturated carbocycles. The first-order chi connectivity index (χ1) is 13.1. The average Bonchev–Trinajstić information content (AvgIpc) is 3.21. The van der Waals surface area contributed by atoms with Crippen LogP contribution in [0.1, 0.15) is 26.5 Å². The molecule has 0 amide bonds. The third kappa shape index (κ3) is 2.42. The summed E-state index contributed by atoms with van der Waals surface area (Å²) < 4.78 is 7.13. The second-order valence-electron chi connectivity index (χ2n) is 7.43. The summed E-state index contributed by atoms with van der Waals surface area (Å²) in [6.45, 7) is 2.13. The number of aliphatic imine (C=N–C) groups is 2. The number of fused-ring (bicyclic) bond motifs is 3. The molecular formula is C16H21N5O7. The first-order valence-electron chi connectivity index (χ1n) is 8.70. The van der Waals surface area contributed by atoms with Gasteiger partial charge in [0.2, 0.25) is 0 Å². The third-order valence-electron chi connectivity index (χ3n) is 5.48. The Kier molecular flexibility index (Phi) is 4.10. The molecule has 152 valence electrons. The van der Waals surface area contributed by atoms with Crippen molar-refractivity contribution in [2.75, 3.05) is 11.5 Å². The number of carboxylic acids is 1. The van der Waals surface area contributed by atoms with Crippen molar-refractivity contribution in [2.45, 2.75) is 56.1 Å². The van der Waals surface area contributed by atoms with Gasteiger partial charge in [-0.1, -0.05) is 0 Å². The van der Waals surface area contributed by atoms with Crippen LogP contribution >= 0.6 is 0 Å². The van der Waals surface area contributed by atoms with Crippen LogP contribution in [0.25, 0.3) is 0 Å². The summed E-state index contributed by atoms with van der Waals surface area (Å²) in [6.07, 6.45) is -1.18. The number of carboxylic acid groups (broad SMARTS) is 1. The molecule has 0 radical (unpaired) electrons. The van der Waals surface area contributed by atoms with Crippen LogP contribution in [0.3, 0.4) is 0 Å². The van der Waals surface area contributed by atoms with Crippen molar-refractivity contribution in [3.63, 3.8) is 0 Å². The molecule has 3 aliphatic heterocycles. The number of amidine groups is 1. The Bertz CT molecular complexity index is 881. The third-order valence-corrected chi connectivity index (χ3v) is 5.48. The number of hydrogen-bond donors (Lipinski definition) is 5. The molecule has 12 heteroatoms. The van der Waals surface area contributed by atoms with Gasteiger partial charge < -0.3 is 30.3 Å². The van der Waals surface area contributed by atoms with E-state index in [1.807, 2.05) is 0 Å². The first-order valence-corrected chi connectivity index (χ1v) is 8.70. The van der Waals surface area contributed by atoms with Crippen molar-refractivity contribution in [3.8, 4) is 0 Å². The van der Waals surface area contributed by atoms with Crippen LogP contribution in [0.15, 0.2) is 16.3 Å². The lowest BCUT2D eigenvalue weighted by Crippen LogP contribution is -2.71. The Morgan fingerprint density at radius 2 is 2.11 bits per heavy atom. The van der Waals surface area contributed by atoms with Crippen molar-refractivity contribution in [3.05, 3.63) is 6.33 Å². The van der Waals surface area contributed by atoms with Gasteiger partial charge in [0, 0.05) is 6.42 Å². The molecule has 1 fully saturated rings. The maximum absolute atomic E-state index is 12.1. The highest BCUT2D eigenvalue weighted by Crippen LogP contribution is 2.44. The van der Waals surface area contributed by atoms with E-state index in [1.54, 1.807) is 0 Å². The number of nitrogens with zero attached hydrogens (tertiary/aromatic N) is 5. The van der Waals surface area contributed by atoms with Gasteiger partial charge in [0.25, 0.3) is 0 Å². The highest BCUT2D eigenvalue weighted by atomic mass is 16.5. The summed E-state index contributed by atoms with van der Waals surface area (Å²) in [4.78, 5) is 25.8. The van der Waals surface area contributed by atoms with Gasteiger partial charge in [-0.2, -0.15) is 0 Å². The lowest BCUT2D eigenvalue weighted by molar-refractivity contribution is -0.157. The summed E-state index contributed by atoms with van der Waals surface area (Å²) in [5.41, 5.74) is -4.00. The molecule has 5 N–H and O–H groups in total. The summed E-state index contributed by atoms with van der Waals surface area (Å²) in [6, 6.07) is 0. The topological polar surface area (TPSA) is 173 Å². The SMILES string of the molecule is C[C@]1(O)N=C2C=Nc3c(ncn3C3CC(O)C(CO)O3)N2[C@](C)(C(=O)O)C1O. The van der Waals surface area contributed by atoms with Crippen molar-refractivity contribution in [2.24, 2.45) is 9.98 Å². The molecule has 0 aromatic carbocycles. The van der Waals surface area contributed by atoms with Crippen LogP contribution in [0, 0.1) is 0 Å². The number of imidazole rings is 1. The van der Waals surface area contributed by atoms with E-state index in [1.165, 1.54) is 35.9 Å². The highest BCUT2D eigenvalue weighted by Gasteiger charge is 2.60. The van der Waals surface area contributed by atoms with Crippen molar-refractivity contribution < 1.29 is 35.1 Å². The van der Waals surface area contributed by atoms with E-state index in [2.05, 4.69) is 15.0 Å². The van der Waals surface area contributed by atoms with E-state index in [0.717, 1.165) is 0 Å². The molecule has 1 aromatic rings. The van der Waals surface area contributed by atoms with Crippen molar-refractivity contribution in [1.82, 2.24) is 9.55 Å².